The average Bonchev–Trinajstić information content (AvgIpc) is 2.26. The van der Waals surface area contributed by atoms with Crippen molar-refractivity contribution in [1.82, 2.24) is 4.72 Å². The molecule has 0 aromatic heterocycles. The van der Waals surface area contributed by atoms with E-state index in [-0.39, 0.29) is 18.1 Å². The highest BCUT2D eigenvalue weighted by molar-refractivity contribution is 7.88. The number of hydrogen-bond acceptors (Lipinski definition) is 3. The van der Waals surface area contributed by atoms with Gasteiger partial charge in [-0.1, -0.05) is 37.6 Å². The Bertz CT molecular complexity index is 571. The lowest BCUT2D eigenvalue weighted by Crippen LogP contribution is -2.42. The fourth-order valence-electron chi connectivity index (χ4n) is 1.78. The summed E-state index contributed by atoms with van der Waals surface area (Å²) in [5.74, 6) is -1.39. The molecule has 1 aromatic carbocycles. The van der Waals surface area contributed by atoms with Crippen LogP contribution in [-0.2, 0) is 20.6 Å². The van der Waals surface area contributed by atoms with E-state index in [0.29, 0.717) is 10.6 Å². The second kappa shape index (κ2) is 7.06. The molecule has 0 spiro atoms. The summed E-state index contributed by atoms with van der Waals surface area (Å²) in [5.41, 5.74) is 0.513. The summed E-state index contributed by atoms with van der Waals surface area (Å²) in [7, 11) is -3.73. The number of hydrogen-bond donors (Lipinski definition) is 2. The first-order valence-electron chi connectivity index (χ1n) is 6.17. The summed E-state index contributed by atoms with van der Waals surface area (Å²) >= 11 is 5.79. The Hall–Kier alpha value is -1.11. The zero-order valence-corrected chi connectivity index (χ0v) is 12.9. The molecule has 1 unspecified atom stereocenters. The van der Waals surface area contributed by atoms with Crippen LogP contribution in [0.25, 0.3) is 0 Å². The maximum atomic E-state index is 12.0. The van der Waals surface area contributed by atoms with Gasteiger partial charge in [0.1, 0.15) is 6.04 Å². The lowest BCUT2D eigenvalue weighted by atomic mass is 10.1. The van der Waals surface area contributed by atoms with Crippen molar-refractivity contribution in [3.8, 4) is 0 Å². The molecule has 1 rings (SSSR count). The van der Waals surface area contributed by atoms with E-state index in [1.165, 1.54) is 0 Å². The van der Waals surface area contributed by atoms with Gasteiger partial charge in [-0.05, 0) is 30.0 Å². The van der Waals surface area contributed by atoms with Crippen LogP contribution < -0.4 is 4.72 Å². The van der Waals surface area contributed by atoms with Crippen molar-refractivity contribution in [1.29, 1.82) is 0 Å². The molecule has 20 heavy (non-hydrogen) atoms. The van der Waals surface area contributed by atoms with Crippen molar-refractivity contribution < 1.29 is 18.3 Å². The van der Waals surface area contributed by atoms with E-state index >= 15 is 0 Å². The normalized spacial score (nSPS) is 13.4. The molecule has 0 aliphatic heterocycles. The van der Waals surface area contributed by atoms with Crippen LogP contribution in [0.1, 0.15) is 25.8 Å². The van der Waals surface area contributed by atoms with Gasteiger partial charge in [0.2, 0.25) is 10.0 Å². The van der Waals surface area contributed by atoms with Gasteiger partial charge in [-0.3, -0.25) is 4.79 Å². The molecule has 0 saturated carbocycles. The lowest BCUT2D eigenvalue weighted by molar-refractivity contribution is -0.139. The number of halogens is 1. The van der Waals surface area contributed by atoms with E-state index in [1.54, 1.807) is 24.3 Å². The zero-order valence-electron chi connectivity index (χ0n) is 11.3. The first-order chi connectivity index (χ1) is 9.19. The summed E-state index contributed by atoms with van der Waals surface area (Å²) in [6, 6.07) is 5.35. The molecule has 0 fully saturated rings. The number of sulfonamides is 1. The molecule has 2 N–H and O–H groups in total. The minimum atomic E-state index is -3.73. The number of benzene rings is 1. The van der Waals surface area contributed by atoms with Crippen molar-refractivity contribution in [2.45, 2.75) is 32.1 Å². The third-order valence-corrected chi connectivity index (χ3v) is 4.16. The molecular formula is C13H18ClNO4S. The average molecular weight is 320 g/mol. The Morgan fingerprint density at radius 1 is 1.40 bits per heavy atom. The fraction of sp³-hybridized carbons (Fsp3) is 0.462. The van der Waals surface area contributed by atoms with E-state index in [9.17, 15) is 13.2 Å². The van der Waals surface area contributed by atoms with Gasteiger partial charge in [0.15, 0.2) is 0 Å². The molecule has 0 amide bonds. The standard InChI is InChI=1S/C13H18ClNO4S/c1-9(2)6-12(13(16)17)15-20(18,19)8-10-4-3-5-11(14)7-10/h3-5,7,9,12,15H,6,8H2,1-2H3,(H,16,17). The number of aliphatic carboxylic acids is 1. The predicted molar refractivity (Wildman–Crippen MR) is 78.1 cm³/mol. The zero-order chi connectivity index (χ0) is 15.3. The van der Waals surface area contributed by atoms with E-state index in [1.807, 2.05) is 13.8 Å². The molecule has 0 aliphatic carbocycles. The van der Waals surface area contributed by atoms with Gasteiger partial charge in [0, 0.05) is 5.02 Å². The topological polar surface area (TPSA) is 83.5 Å². The number of carbonyl (C=O) groups is 1. The van der Waals surface area contributed by atoms with E-state index in [2.05, 4.69) is 4.72 Å². The maximum absolute atomic E-state index is 12.0. The van der Waals surface area contributed by atoms with Crippen LogP contribution in [0.15, 0.2) is 24.3 Å². The SMILES string of the molecule is CC(C)CC(NS(=O)(=O)Cc1cccc(Cl)c1)C(=O)O. The molecule has 1 aromatic rings. The smallest absolute Gasteiger partial charge is 0.321 e. The van der Waals surface area contributed by atoms with Crippen molar-refractivity contribution in [3.63, 3.8) is 0 Å². The van der Waals surface area contributed by atoms with Gasteiger partial charge in [0.05, 0.1) is 5.75 Å². The van der Waals surface area contributed by atoms with Crippen molar-refractivity contribution >= 4 is 27.6 Å². The molecule has 0 radical (unpaired) electrons. The van der Waals surface area contributed by atoms with Crippen molar-refractivity contribution in [2.75, 3.05) is 0 Å². The summed E-state index contributed by atoms with van der Waals surface area (Å²) in [6.45, 7) is 3.67. The Kier molecular flexibility index (Phi) is 5.98. The van der Waals surface area contributed by atoms with Crippen LogP contribution in [0.3, 0.4) is 0 Å². The quantitative estimate of drug-likeness (QED) is 0.807. The minimum Gasteiger partial charge on any atom is -0.480 e. The lowest BCUT2D eigenvalue weighted by Gasteiger charge is -2.16. The summed E-state index contributed by atoms with van der Waals surface area (Å²) < 4.78 is 26.2. The van der Waals surface area contributed by atoms with Crippen molar-refractivity contribution in [3.05, 3.63) is 34.9 Å². The van der Waals surface area contributed by atoms with Crippen LogP contribution in [-0.4, -0.2) is 25.5 Å². The van der Waals surface area contributed by atoms with Gasteiger partial charge in [0.25, 0.3) is 0 Å². The summed E-state index contributed by atoms with van der Waals surface area (Å²) in [5, 5.41) is 9.49. The van der Waals surface area contributed by atoms with Crippen LogP contribution in [0.4, 0.5) is 0 Å². The molecule has 0 aliphatic rings. The second-order valence-corrected chi connectivity index (χ2v) is 7.22. The largest absolute Gasteiger partial charge is 0.480 e. The molecule has 0 heterocycles. The Morgan fingerprint density at radius 3 is 2.55 bits per heavy atom. The van der Waals surface area contributed by atoms with E-state index in [0.717, 1.165) is 0 Å². The Labute approximate surface area is 124 Å². The molecule has 7 heteroatoms. The molecule has 5 nitrogen and oxygen atoms in total. The molecule has 0 saturated heterocycles. The summed E-state index contributed by atoms with van der Waals surface area (Å²) in [6.07, 6.45) is 0.240. The first-order valence-corrected chi connectivity index (χ1v) is 8.20. The highest BCUT2D eigenvalue weighted by Gasteiger charge is 2.25. The highest BCUT2D eigenvalue weighted by Crippen LogP contribution is 2.14. The third-order valence-electron chi connectivity index (χ3n) is 2.57. The predicted octanol–water partition coefficient (Wildman–Crippen LogP) is 2.26. The number of carboxylic acids is 1. The van der Waals surface area contributed by atoms with Crippen LogP contribution in [0, 0.1) is 5.92 Å². The monoisotopic (exact) mass is 319 g/mol. The second-order valence-electron chi connectivity index (χ2n) is 5.03. The van der Waals surface area contributed by atoms with E-state index in [4.69, 9.17) is 16.7 Å². The van der Waals surface area contributed by atoms with Gasteiger partial charge >= 0.3 is 5.97 Å². The Balaban J connectivity index is 2.80. The van der Waals surface area contributed by atoms with Gasteiger partial charge in [-0.2, -0.15) is 0 Å². The molecule has 1 atom stereocenters. The van der Waals surface area contributed by atoms with Gasteiger partial charge in [-0.15, -0.1) is 0 Å². The fourth-order valence-corrected chi connectivity index (χ4v) is 3.32. The van der Waals surface area contributed by atoms with Crippen LogP contribution in [0.2, 0.25) is 5.02 Å². The van der Waals surface area contributed by atoms with Gasteiger partial charge < -0.3 is 5.11 Å². The van der Waals surface area contributed by atoms with E-state index < -0.39 is 22.0 Å². The molecular weight excluding hydrogens is 302 g/mol. The number of carboxylic acid groups (broad SMARTS) is 1. The molecule has 0 bridgehead atoms. The van der Waals surface area contributed by atoms with Crippen molar-refractivity contribution in [2.24, 2.45) is 5.92 Å². The third kappa shape index (κ3) is 5.90. The number of nitrogens with one attached hydrogen (secondary N) is 1. The van der Waals surface area contributed by atoms with Gasteiger partial charge in [-0.25, -0.2) is 13.1 Å². The maximum Gasteiger partial charge on any atom is 0.321 e. The van der Waals surface area contributed by atoms with Crippen LogP contribution in [0.5, 0.6) is 0 Å². The summed E-state index contributed by atoms with van der Waals surface area (Å²) in [4.78, 5) is 11.1. The van der Waals surface area contributed by atoms with Crippen LogP contribution >= 0.6 is 11.6 Å². The molecule has 112 valence electrons. The number of rotatable bonds is 7. The minimum absolute atomic E-state index is 0.0740. The first kappa shape index (κ1) is 16.9. The Morgan fingerprint density at radius 2 is 2.05 bits per heavy atom. The highest BCUT2D eigenvalue weighted by atomic mass is 35.5.